The Balaban J connectivity index is 1.75. The third-order valence-corrected chi connectivity index (χ3v) is 7.18. The molecule has 1 aliphatic heterocycles. The van der Waals surface area contributed by atoms with Crippen LogP contribution in [0, 0.1) is 0 Å². The molecule has 0 spiro atoms. The van der Waals surface area contributed by atoms with E-state index < -0.39 is 11.6 Å². The Kier molecular flexibility index (Phi) is 10.0. The zero-order valence-electron chi connectivity index (χ0n) is 25.0. The summed E-state index contributed by atoms with van der Waals surface area (Å²) in [4.78, 5) is 27.8. The number of carboxylic acids is 1. The van der Waals surface area contributed by atoms with Gasteiger partial charge in [0.2, 0.25) is 0 Å². The first-order valence-electron chi connectivity index (χ1n) is 14.4. The van der Waals surface area contributed by atoms with Gasteiger partial charge in [0.25, 0.3) is 5.91 Å². The van der Waals surface area contributed by atoms with Gasteiger partial charge < -0.3 is 38.8 Å². The first-order chi connectivity index (χ1) is 20.2. The SMILES string of the molecule is CCOc1cc(CN(C(=O)c2cc(OC)cc(OC(C)(C)C(=O)O)c2)C2CCNCC2)cc(OCC)c1-n1cccc1. The number of nitrogens with one attached hydrogen (secondary N) is 1. The van der Waals surface area contributed by atoms with Crippen LogP contribution < -0.4 is 24.3 Å². The van der Waals surface area contributed by atoms with Gasteiger partial charge in [0, 0.05) is 36.6 Å². The second-order valence-corrected chi connectivity index (χ2v) is 10.6. The molecule has 10 heteroatoms. The van der Waals surface area contributed by atoms with Gasteiger partial charge in [0.05, 0.1) is 20.3 Å². The third kappa shape index (κ3) is 7.17. The van der Waals surface area contributed by atoms with E-state index in [4.69, 9.17) is 18.9 Å². The maximum Gasteiger partial charge on any atom is 0.347 e. The van der Waals surface area contributed by atoms with Crippen molar-refractivity contribution >= 4 is 11.9 Å². The summed E-state index contributed by atoms with van der Waals surface area (Å²) in [5, 5.41) is 12.9. The molecule has 1 fully saturated rings. The van der Waals surface area contributed by atoms with Gasteiger partial charge in [-0.3, -0.25) is 4.79 Å². The van der Waals surface area contributed by atoms with Gasteiger partial charge in [-0.05, 0) is 95.6 Å². The number of nitrogens with zero attached hydrogens (tertiary/aromatic N) is 2. The van der Waals surface area contributed by atoms with E-state index >= 15 is 0 Å². The highest BCUT2D eigenvalue weighted by Gasteiger charge is 2.31. The molecule has 0 aliphatic carbocycles. The van der Waals surface area contributed by atoms with Crippen LogP contribution in [-0.2, 0) is 11.3 Å². The Morgan fingerprint density at radius 1 is 0.976 bits per heavy atom. The minimum absolute atomic E-state index is 0.0139. The number of carboxylic acid groups (broad SMARTS) is 1. The van der Waals surface area contributed by atoms with Crippen molar-refractivity contribution in [3.05, 3.63) is 66.0 Å². The number of amides is 1. The molecule has 2 aromatic carbocycles. The highest BCUT2D eigenvalue weighted by molar-refractivity contribution is 5.95. The molecule has 4 rings (SSSR count). The minimum Gasteiger partial charge on any atom is -0.497 e. The lowest BCUT2D eigenvalue weighted by Crippen LogP contribution is -2.45. The predicted molar refractivity (Wildman–Crippen MR) is 159 cm³/mol. The van der Waals surface area contributed by atoms with Crippen molar-refractivity contribution in [2.24, 2.45) is 0 Å². The number of piperidine rings is 1. The zero-order chi connectivity index (χ0) is 30.3. The number of carbonyl (C=O) groups is 2. The molecule has 0 atom stereocenters. The largest absolute Gasteiger partial charge is 0.497 e. The molecule has 0 saturated carbocycles. The minimum atomic E-state index is -1.49. The van der Waals surface area contributed by atoms with Crippen LogP contribution in [0.15, 0.2) is 54.9 Å². The molecule has 42 heavy (non-hydrogen) atoms. The van der Waals surface area contributed by atoms with E-state index in [1.165, 1.54) is 21.0 Å². The quantitative estimate of drug-likeness (QED) is 0.294. The number of methoxy groups -OCH3 is 1. The lowest BCUT2D eigenvalue weighted by atomic mass is 10.0. The van der Waals surface area contributed by atoms with Crippen LogP contribution in [-0.4, -0.2) is 71.5 Å². The molecule has 0 bridgehead atoms. The number of ether oxygens (including phenoxy) is 4. The monoisotopic (exact) mass is 579 g/mol. The van der Waals surface area contributed by atoms with Crippen LogP contribution in [0.2, 0.25) is 0 Å². The summed E-state index contributed by atoms with van der Waals surface area (Å²) in [5.74, 6) is 0.650. The normalized spacial score (nSPS) is 13.8. The van der Waals surface area contributed by atoms with Crippen molar-refractivity contribution in [1.82, 2.24) is 14.8 Å². The Morgan fingerprint density at radius 2 is 1.57 bits per heavy atom. The molecular weight excluding hydrogens is 538 g/mol. The fourth-order valence-electron chi connectivity index (χ4n) is 5.05. The Labute approximate surface area is 247 Å². The number of aromatic nitrogens is 1. The maximum atomic E-state index is 14.3. The van der Waals surface area contributed by atoms with Crippen LogP contribution in [0.5, 0.6) is 23.0 Å². The Hall–Kier alpha value is -4.18. The van der Waals surface area contributed by atoms with Crippen LogP contribution in [0.25, 0.3) is 5.69 Å². The van der Waals surface area contributed by atoms with Crippen LogP contribution >= 0.6 is 0 Å². The lowest BCUT2D eigenvalue weighted by Gasteiger charge is -2.35. The summed E-state index contributed by atoms with van der Waals surface area (Å²) in [6.45, 7) is 9.66. The molecule has 0 radical (unpaired) electrons. The number of aliphatic carboxylic acids is 1. The molecule has 2 heterocycles. The summed E-state index contributed by atoms with van der Waals surface area (Å²) >= 11 is 0. The van der Waals surface area contributed by atoms with E-state index in [1.807, 2.05) is 60.0 Å². The fraction of sp³-hybridized carbons (Fsp3) is 0.438. The summed E-state index contributed by atoms with van der Waals surface area (Å²) in [6, 6.07) is 12.6. The second kappa shape index (κ2) is 13.7. The van der Waals surface area contributed by atoms with E-state index in [0.29, 0.717) is 42.6 Å². The molecule has 3 aromatic rings. The Morgan fingerprint density at radius 3 is 2.12 bits per heavy atom. The number of hydrogen-bond donors (Lipinski definition) is 2. The average Bonchev–Trinajstić information content (AvgIpc) is 3.50. The maximum absolute atomic E-state index is 14.3. The lowest BCUT2D eigenvalue weighted by molar-refractivity contribution is -0.152. The molecule has 2 N–H and O–H groups in total. The van der Waals surface area contributed by atoms with E-state index in [9.17, 15) is 14.7 Å². The number of benzene rings is 2. The molecule has 1 amide bonds. The number of hydrogen-bond acceptors (Lipinski definition) is 7. The van der Waals surface area contributed by atoms with Crippen LogP contribution in [0.3, 0.4) is 0 Å². The van der Waals surface area contributed by atoms with Gasteiger partial charge in [-0.1, -0.05) is 0 Å². The molecule has 226 valence electrons. The van der Waals surface area contributed by atoms with Crippen LogP contribution in [0.1, 0.15) is 56.5 Å². The third-order valence-electron chi connectivity index (χ3n) is 7.18. The van der Waals surface area contributed by atoms with E-state index in [2.05, 4.69) is 5.32 Å². The summed E-state index contributed by atoms with van der Waals surface area (Å²) in [7, 11) is 1.50. The summed E-state index contributed by atoms with van der Waals surface area (Å²) in [6.07, 6.45) is 5.48. The molecule has 1 saturated heterocycles. The predicted octanol–water partition coefficient (Wildman–Crippen LogP) is 4.92. The highest BCUT2D eigenvalue weighted by atomic mass is 16.5. The number of rotatable bonds is 13. The van der Waals surface area contributed by atoms with Gasteiger partial charge in [-0.2, -0.15) is 0 Å². The average molecular weight is 580 g/mol. The van der Waals surface area contributed by atoms with Gasteiger partial charge in [0.1, 0.15) is 28.7 Å². The van der Waals surface area contributed by atoms with Crippen molar-refractivity contribution in [1.29, 1.82) is 0 Å². The van der Waals surface area contributed by atoms with Gasteiger partial charge in [-0.15, -0.1) is 0 Å². The first-order valence-corrected chi connectivity index (χ1v) is 14.4. The van der Waals surface area contributed by atoms with Gasteiger partial charge >= 0.3 is 5.97 Å². The number of carbonyl (C=O) groups excluding carboxylic acids is 1. The highest BCUT2D eigenvalue weighted by Crippen LogP contribution is 2.36. The molecule has 10 nitrogen and oxygen atoms in total. The first kappa shape index (κ1) is 30.8. The molecule has 0 unspecified atom stereocenters. The van der Waals surface area contributed by atoms with Gasteiger partial charge in [0.15, 0.2) is 5.60 Å². The van der Waals surface area contributed by atoms with Gasteiger partial charge in [-0.25, -0.2) is 4.79 Å². The summed E-state index contributed by atoms with van der Waals surface area (Å²) in [5.41, 5.74) is 0.538. The van der Waals surface area contributed by atoms with Crippen molar-refractivity contribution in [3.8, 4) is 28.7 Å². The van der Waals surface area contributed by atoms with E-state index in [0.717, 1.165) is 37.2 Å². The smallest absolute Gasteiger partial charge is 0.347 e. The molecular formula is C32H41N3O7. The van der Waals surface area contributed by atoms with Crippen molar-refractivity contribution in [2.75, 3.05) is 33.4 Å². The van der Waals surface area contributed by atoms with Crippen molar-refractivity contribution in [3.63, 3.8) is 0 Å². The van der Waals surface area contributed by atoms with E-state index in [-0.39, 0.29) is 17.7 Å². The topological polar surface area (TPSA) is 111 Å². The second-order valence-electron chi connectivity index (χ2n) is 10.6. The summed E-state index contributed by atoms with van der Waals surface area (Å²) < 4.78 is 25.4. The zero-order valence-corrected chi connectivity index (χ0v) is 25.0. The van der Waals surface area contributed by atoms with Crippen molar-refractivity contribution < 1.29 is 33.6 Å². The Bertz CT molecular complexity index is 1340. The fourth-order valence-corrected chi connectivity index (χ4v) is 5.05. The van der Waals surface area contributed by atoms with Crippen molar-refractivity contribution in [2.45, 2.75) is 58.7 Å². The standard InChI is InChI=1S/C32H41N3O7/c1-6-40-27-16-22(17-28(41-7-2)29(27)34-14-8-9-15-34)21-35(24-10-12-33-13-11-24)30(36)23-18-25(39-5)20-26(19-23)42-32(3,4)31(37)38/h8-9,14-20,24,33H,6-7,10-13,21H2,1-5H3,(H,37,38). The van der Waals surface area contributed by atoms with Crippen LogP contribution in [0.4, 0.5) is 0 Å². The van der Waals surface area contributed by atoms with E-state index in [1.54, 1.807) is 18.2 Å². The molecule has 1 aromatic heterocycles. The molecule has 1 aliphatic rings.